The zero-order valence-electron chi connectivity index (χ0n) is 9.19. The van der Waals surface area contributed by atoms with E-state index in [2.05, 4.69) is 9.84 Å². The van der Waals surface area contributed by atoms with E-state index in [9.17, 15) is 13.2 Å². The number of anilines is 1. The van der Waals surface area contributed by atoms with Gasteiger partial charge in [0.15, 0.2) is 6.61 Å². The van der Waals surface area contributed by atoms with Crippen LogP contribution in [0.5, 0.6) is 5.88 Å². The summed E-state index contributed by atoms with van der Waals surface area (Å²) in [5.41, 5.74) is 6.28. The van der Waals surface area contributed by atoms with Crippen LogP contribution in [0.3, 0.4) is 0 Å². The Hall–Kier alpha value is -2.18. The van der Waals surface area contributed by atoms with Crippen LogP contribution in [0.15, 0.2) is 36.5 Å². The van der Waals surface area contributed by atoms with E-state index in [-0.39, 0.29) is 11.6 Å². The molecule has 1 aromatic carbocycles. The summed E-state index contributed by atoms with van der Waals surface area (Å²) in [7, 11) is 0. The Morgan fingerprint density at radius 1 is 1.22 bits per heavy atom. The fourth-order valence-electron chi connectivity index (χ4n) is 1.35. The van der Waals surface area contributed by atoms with E-state index in [0.29, 0.717) is 5.69 Å². The van der Waals surface area contributed by atoms with Crippen LogP contribution in [-0.2, 0) is 0 Å². The van der Waals surface area contributed by atoms with E-state index in [1.165, 1.54) is 10.9 Å². The molecule has 0 amide bonds. The lowest BCUT2D eigenvalue weighted by Gasteiger charge is -2.06. The monoisotopic (exact) mass is 257 g/mol. The van der Waals surface area contributed by atoms with Crippen molar-refractivity contribution in [2.45, 2.75) is 6.18 Å². The van der Waals surface area contributed by atoms with Crippen LogP contribution >= 0.6 is 0 Å². The highest BCUT2D eigenvalue weighted by atomic mass is 19.4. The maximum atomic E-state index is 12.0. The number of aromatic nitrogens is 2. The Labute approximate surface area is 101 Å². The number of hydrogen-bond donors (Lipinski definition) is 1. The molecule has 0 aliphatic carbocycles. The second-order valence-electron chi connectivity index (χ2n) is 3.57. The van der Waals surface area contributed by atoms with E-state index in [0.717, 1.165) is 0 Å². The third kappa shape index (κ3) is 2.93. The molecule has 2 aromatic rings. The molecule has 1 heterocycles. The molecule has 0 radical (unpaired) electrons. The minimum atomic E-state index is -4.41. The van der Waals surface area contributed by atoms with Gasteiger partial charge in [0.1, 0.15) is 5.69 Å². The molecule has 0 aliphatic heterocycles. The number of rotatable bonds is 3. The predicted octanol–water partition coefficient (Wildman–Crippen LogP) is 2.40. The summed E-state index contributed by atoms with van der Waals surface area (Å²) in [6.45, 7) is -1.41. The van der Waals surface area contributed by atoms with Gasteiger partial charge in [-0.05, 0) is 12.1 Å². The summed E-state index contributed by atoms with van der Waals surface area (Å²) in [5.74, 6) is -0.226. The van der Waals surface area contributed by atoms with Crippen LogP contribution in [-0.4, -0.2) is 22.6 Å². The SMILES string of the molecule is Nc1cn(-c2ccccc2)nc1OCC(F)(F)F. The van der Waals surface area contributed by atoms with Gasteiger partial charge in [-0.3, -0.25) is 0 Å². The highest BCUT2D eigenvalue weighted by Crippen LogP contribution is 2.23. The molecule has 0 saturated carbocycles. The number of halogens is 3. The molecule has 2 rings (SSSR count). The summed E-state index contributed by atoms with van der Waals surface area (Å²) >= 11 is 0. The fourth-order valence-corrected chi connectivity index (χ4v) is 1.35. The van der Waals surface area contributed by atoms with Gasteiger partial charge >= 0.3 is 6.18 Å². The topological polar surface area (TPSA) is 53.1 Å². The fraction of sp³-hybridized carbons (Fsp3) is 0.182. The van der Waals surface area contributed by atoms with Crippen LogP contribution in [0.4, 0.5) is 18.9 Å². The minimum absolute atomic E-state index is 0.0584. The largest absolute Gasteiger partial charge is 0.465 e. The molecule has 1 aromatic heterocycles. The summed E-state index contributed by atoms with van der Waals surface area (Å²) < 4.78 is 41.9. The van der Waals surface area contributed by atoms with E-state index >= 15 is 0 Å². The van der Waals surface area contributed by atoms with Crippen molar-refractivity contribution in [3.05, 3.63) is 36.5 Å². The maximum Gasteiger partial charge on any atom is 0.422 e. The zero-order valence-corrected chi connectivity index (χ0v) is 9.19. The molecule has 0 spiro atoms. The van der Waals surface area contributed by atoms with Gasteiger partial charge in [0.2, 0.25) is 0 Å². The number of nitrogens with zero attached hydrogens (tertiary/aromatic N) is 2. The Morgan fingerprint density at radius 3 is 2.50 bits per heavy atom. The molecular formula is C11H10F3N3O. The van der Waals surface area contributed by atoms with Crippen molar-refractivity contribution >= 4 is 5.69 Å². The number of nitrogens with two attached hydrogens (primary N) is 1. The molecule has 4 nitrogen and oxygen atoms in total. The van der Waals surface area contributed by atoms with Crippen LogP contribution in [0, 0.1) is 0 Å². The molecule has 2 N–H and O–H groups in total. The Bertz CT molecular complexity index is 522. The first-order chi connectivity index (χ1) is 8.46. The van der Waals surface area contributed by atoms with Gasteiger partial charge in [0.25, 0.3) is 5.88 Å². The van der Waals surface area contributed by atoms with Crippen LogP contribution in [0.1, 0.15) is 0 Å². The van der Waals surface area contributed by atoms with Gasteiger partial charge in [-0.1, -0.05) is 18.2 Å². The van der Waals surface area contributed by atoms with E-state index in [1.807, 2.05) is 6.07 Å². The van der Waals surface area contributed by atoms with Gasteiger partial charge in [-0.25, -0.2) is 4.68 Å². The molecular weight excluding hydrogens is 247 g/mol. The van der Waals surface area contributed by atoms with Gasteiger partial charge in [0, 0.05) is 0 Å². The Morgan fingerprint density at radius 2 is 1.89 bits per heavy atom. The second kappa shape index (κ2) is 4.59. The van der Waals surface area contributed by atoms with Crippen molar-refractivity contribution in [2.24, 2.45) is 0 Å². The van der Waals surface area contributed by atoms with Crippen molar-refractivity contribution < 1.29 is 17.9 Å². The summed E-state index contributed by atoms with van der Waals surface area (Å²) in [6, 6.07) is 8.88. The van der Waals surface area contributed by atoms with E-state index in [1.54, 1.807) is 24.3 Å². The first-order valence-electron chi connectivity index (χ1n) is 5.06. The minimum Gasteiger partial charge on any atom is -0.465 e. The lowest BCUT2D eigenvalue weighted by molar-refractivity contribution is -0.154. The van der Waals surface area contributed by atoms with E-state index in [4.69, 9.17) is 5.73 Å². The molecule has 96 valence electrons. The Balaban J connectivity index is 2.17. The number of hydrogen-bond acceptors (Lipinski definition) is 3. The van der Waals surface area contributed by atoms with E-state index < -0.39 is 12.8 Å². The number of nitrogen functional groups attached to an aromatic ring is 1. The number of para-hydroxylation sites is 1. The number of alkyl halides is 3. The number of ether oxygens (including phenoxy) is 1. The quantitative estimate of drug-likeness (QED) is 0.918. The average molecular weight is 257 g/mol. The average Bonchev–Trinajstić information content (AvgIpc) is 2.68. The molecule has 0 aliphatic rings. The van der Waals surface area contributed by atoms with Crippen molar-refractivity contribution in [2.75, 3.05) is 12.3 Å². The summed E-state index contributed by atoms with van der Waals surface area (Å²) in [5, 5.41) is 3.85. The van der Waals surface area contributed by atoms with Gasteiger partial charge < -0.3 is 10.5 Å². The van der Waals surface area contributed by atoms with Crippen LogP contribution < -0.4 is 10.5 Å². The summed E-state index contributed by atoms with van der Waals surface area (Å²) in [4.78, 5) is 0. The van der Waals surface area contributed by atoms with Crippen molar-refractivity contribution in [3.8, 4) is 11.6 Å². The van der Waals surface area contributed by atoms with Gasteiger partial charge in [-0.2, -0.15) is 13.2 Å². The molecule has 0 bridgehead atoms. The predicted molar refractivity (Wildman–Crippen MR) is 59.5 cm³/mol. The lowest BCUT2D eigenvalue weighted by atomic mass is 10.3. The molecule has 0 saturated heterocycles. The van der Waals surface area contributed by atoms with Crippen molar-refractivity contribution in [1.29, 1.82) is 0 Å². The molecule has 18 heavy (non-hydrogen) atoms. The highest BCUT2D eigenvalue weighted by Gasteiger charge is 2.29. The maximum absolute atomic E-state index is 12.0. The van der Waals surface area contributed by atoms with Crippen LogP contribution in [0.2, 0.25) is 0 Å². The highest BCUT2D eigenvalue weighted by molar-refractivity contribution is 5.48. The van der Waals surface area contributed by atoms with Crippen LogP contribution in [0.25, 0.3) is 5.69 Å². The van der Waals surface area contributed by atoms with Gasteiger partial charge in [0.05, 0.1) is 11.9 Å². The molecule has 7 heteroatoms. The smallest absolute Gasteiger partial charge is 0.422 e. The first kappa shape index (κ1) is 12.3. The number of benzene rings is 1. The summed E-state index contributed by atoms with van der Waals surface area (Å²) in [6.07, 6.45) is -3.01. The Kier molecular flexibility index (Phi) is 3.14. The first-order valence-corrected chi connectivity index (χ1v) is 5.06. The van der Waals surface area contributed by atoms with Crippen molar-refractivity contribution in [1.82, 2.24) is 9.78 Å². The van der Waals surface area contributed by atoms with Gasteiger partial charge in [-0.15, -0.1) is 5.10 Å². The molecule has 0 fully saturated rings. The molecule has 0 unspecified atom stereocenters. The molecule has 0 atom stereocenters. The lowest BCUT2D eigenvalue weighted by Crippen LogP contribution is -2.19. The third-order valence-electron chi connectivity index (χ3n) is 2.10. The zero-order chi connectivity index (χ0) is 13.2. The standard InChI is InChI=1S/C11H10F3N3O/c12-11(13,14)7-18-10-9(15)6-17(16-10)8-4-2-1-3-5-8/h1-6H,7,15H2. The van der Waals surface area contributed by atoms with Crippen molar-refractivity contribution in [3.63, 3.8) is 0 Å². The normalized spacial score (nSPS) is 11.5. The second-order valence-corrected chi connectivity index (χ2v) is 3.57. The third-order valence-corrected chi connectivity index (χ3v) is 2.10.